The van der Waals surface area contributed by atoms with Crippen LogP contribution < -0.4 is 16.0 Å². The summed E-state index contributed by atoms with van der Waals surface area (Å²) in [6, 6.07) is 4.46. The molecule has 38 heavy (non-hydrogen) atoms. The first kappa shape index (κ1) is 29.1. The number of rotatable bonds is 5. The van der Waals surface area contributed by atoms with Gasteiger partial charge in [0.2, 0.25) is 5.91 Å². The standard InChI is InChI=1S/C24H31FN6O2.C5H10/c1-3-20-15-31(14-19-13-28-30(2)23(19)29-20)24(33)17-4-5-18(21(25)11-17)12-27-22(32)10-16-6-8-26-9-7-16;1-4-5(2)3/h3-5,11,13,16,26,29H,6-10,12,14-15H2,1-2H3,(H,27,32);4H,1-3H3/b20-3+;. The van der Waals surface area contributed by atoms with Gasteiger partial charge in [-0.3, -0.25) is 14.3 Å². The number of aromatic nitrogens is 2. The fourth-order valence-electron chi connectivity index (χ4n) is 4.35. The molecule has 0 aliphatic carbocycles. The second kappa shape index (κ2) is 13.9. The molecule has 4 rings (SSSR count). The zero-order chi connectivity index (χ0) is 27.7. The van der Waals surface area contributed by atoms with Crippen molar-refractivity contribution in [1.29, 1.82) is 0 Å². The topological polar surface area (TPSA) is 91.3 Å². The van der Waals surface area contributed by atoms with E-state index in [1.807, 2.05) is 27.0 Å². The van der Waals surface area contributed by atoms with E-state index in [1.54, 1.807) is 27.9 Å². The summed E-state index contributed by atoms with van der Waals surface area (Å²) in [5.41, 5.74) is 3.80. The van der Waals surface area contributed by atoms with Gasteiger partial charge in [-0.15, -0.1) is 0 Å². The van der Waals surface area contributed by atoms with Crippen LogP contribution in [0.25, 0.3) is 0 Å². The summed E-state index contributed by atoms with van der Waals surface area (Å²) in [7, 11) is 1.84. The van der Waals surface area contributed by atoms with Gasteiger partial charge in [-0.05, 0) is 71.7 Å². The van der Waals surface area contributed by atoms with Crippen LogP contribution in [0.5, 0.6) is 0 Å². The van der Waals surface area contributed by atoms with E-state index in [2.05, 4.69) is 41.0 Å². The lowest BCUT2D eigenvalue weighted by molar-refractivity contribution is -0.122. The molecule has 1 aromatic carbocycles. The number of piperidine rings is 1. The molecule has 0 atom stereocenters. The Bertz CT molecular complexity index is 1180. The van der Waals surface area contributed by atoms with Crippen LogP contribution in [0.1, 0.15) is 68.4 Å². The predicted molar refractivity (Wildman–Crippen MR) is 149 cm³/mol. The maximum atomic E-state index is 14.8. The highest BCUT2D eigenvalue weighted by atomic mass is 19.1. The van der Waals surface area contributed by atoms with Crippen LogP contribution in [0.2, 0.25) is 0 Å². The van der Waals surface area contributed by atoms with Crippen LogP contribution in [-0.4, -0.2) is 46.1 Å². The number of halogens is 1. The molecular formula is C29H41FN6O2. The summed E-state index contributed by atoms with van der Waals surface area (Å²) in [6.45, 7) is 10.9. The van der Waals surface area contributed by atoms with Gasteiger partial charge in [-0.1, -0.05) is 23.8 Å². The summed E-state index contributed by atoms with van der Waals surface area (Å²) >= 11 is 0. The Morgan fingerprint density at radius 2 is 1.89 bits per heavy atom. The largest absolute Gasteiger partial charge is 0.352 e. The van der Waals surface area contributed by atoms with Crippen molar-refractivity contribution in [2.75, 3.05) is 25.0 Å². The second-order valence-electron chi connectivity index (χ2n) is 10.1. The van der Waals surface area contributed by atoms with Gasteiger partial charge in [0.15, 0.2) is 0 Å². The number of carbonyl (C=O) groups is 2. The molecule has 1 aromatic heterocycles. The Hall–Kier alpha value is -3.46. The molecule has 8 nitrogen and oxygen atoms in total. The van der Waals surface area contributed by atoms with Crippen LogP contribution in [0, 0.1) is 11.7 Å². The monoisotopic (exact) mass is 524 g/mol. The fraction of sp³-hybridized carbons (Fsp3) is 0.483. The smallest absolute Gasteiger partial charge is 0.254 e. The van der Waals surface area contributed by atoms with E-state index < -0.39 is 5.82 Å². The lowest BCUT2D eigenvalue weighted by Crippen LogP contribution is -2.32. The van der Waals surface area contributed by atoms with E-state index in [-0.39, 0.29) is 23.9 Å². The van der Waals surface area contributed by atoms with Gasteiger partial charge in [-0.25, -0.2) is 4.39 Å². The van der Waals surface area contributed by atoms with Crippen molar-refractivity contribution in [3.63, 3.8) is 0 Å². The predicted octanol–water partition coefficient (Wildman–Crippen LogP) is 4.51. The number of aryl methyl sites for hydroxylation is 1. The van der Waals surface area contributed by atoms with Crippen molar-refractivity contribution in [2.45, 2.75) is 60.0 Å². The highest BCUT2D eigenvalue weighted by Gasteiger charge is 2.25. The molecule has 0 radical (unpaired) electrons. The molecule has 2 aliphatic heterocycles. The molecular weight excluding hydrogens is 483 g/mol. The van der Waals surface area contributed by atoms with E-state index in [4.69, 9.17) is 0 Å². The zero-order valence-electron chi connectivity index (χ0n) is 23.2. The van der Waals surface area contributed by atoms with Crippen LogP contribution in [0.4, 0.5) is 10.2 Å². The molecule has 3 N–H and O–H groups in total. The summed E-state index contributed by atoms with van der Waals surface area (Å²) in [6.07, 6.45) is 8.17. The third-order valence-electron chi connectivity index (χ3n) is 6.94. The molecule has 206 valence electrons. The lowest BCUT2D eigenvalue weighted by atomic mass is 9.94. The molecule has 2 aromatic rings. The van der Waals surface area contributed by atoms with Gasteiger partial charge >= 0.3 is 0 Å². The number of carbonyl (C=O) groups excluding carboxylic acids is 2. The summed E-state index contributed by atoms with van der Waals surface area (Å²) in [4.78, 5) is 27.1. The van der Waals surface area contributed by atoms with E-state index in [9.17, 15) is 14.0 Å². The van der Waals surface area contributed by atoms with Crippen LogP contribution >= 0.6 is 0 Å². The Kier molecular flexibility index (Phi) is 10.6. The summed E-state index contributed by atoms with van der Waals surface area (Å²) in [5, 5.41) is 13.7. The first-order valence-electron chi connectivity index (χ1n) is 13.3. The Morgan fingerprint density at radius 1 is 1.18 bits per heavy atom. The normalized spacial score (nSPS) is 16.5. The highest BCUT2D eigenvalue weighted by Crippen LogP contribution is 2.24. The minimum Gasteiger partial charge on any atom is -0.352 e. The molecule has 0 spiro atoms. The zero-order valence-corrected chi connectivity index (χ0v) is 23.2. The van der Waals surface area contributed by atoms with Crippen molar-refractivity contribution in [3.05, 3.63) is 70.3 Å². The number of anilines is 1. The molecule has 0 unspecified atom stereocenters. The second-order valence-corrected chi connectivity index (χ2v) is 10.1. The maximum absolute atomic E-state index is 14.8. The molecule has 3 heterocycles. The summed E-state index contributed by atoms with van der Waals surface area (Å²) in [5.74, 6) is 0.406. The first-order valence-corrected chi connectivity index (χ1v) is 13.3. The van der Waals surface area contributed by atoms with Crippen molar-refractivity contribution < 1.29 is 14.0 Å². The van der Waals surface area contributed by atoms with Crippen LogP contribution in [0.3, 0.4) is 0 Å². The lowest BCUT2D eigenvalue weighted by Gasteiger charge is -2.22. The highest BCUT2D eigenvalue weighted by molar-refractivity contribution is 5.94. The molecule has 1 saturated heterocycles. The number of nitrogens with one attached hydrogen (secondary N) is 3. The van der Waals surface area contributed by atoms with Crippen molar-refractivity contribution in [2.24, 2.45) is 13.0 Å². The van der Waals surface area contributed by atoms with Gasteiger partial charge in [0.1, 0.15) is 11.6 Å². The quantitative estimate of drug-likeness (QED) is 0.501. The van der Waals surface area contributed by atoms with Crippen molar-refractivity contribution >= 4 is 17.6 Å². The average molecular weight is 525 g/mol. The minimum atomic E-state index is -0.496. The van der Waals surface area contributed by atoms with Crippen molar-refractivity contribution in [3.8, 4) is 0 Å². The molecule has 0 bridgehead atoms. The van der Waals surface area contributed by atoms with E-state index in [0.29, 0.717) is 31.0 Å². The first-order chi connectivity index (χ1) is 18.2. The van der Waals surface area contributed by atoms with E-state index >= 15 is 0 Å². The van der Waals surface area contributed by atoms with Gasteiger partial charge in [0, 0.05) is 42.4 Å². The third-order valence-corrected chi connectivity index (χ3v) is 6.94. The Balaban J connectivity index is 0.000000732. The minimum absolute atomic E-state index is 0.0651. The molecule has 2 amide bonds. The van der Waals surface area contributed by atoms with E-state index in [0.717, 1.165) is 43.0 Å². The SMILES string of the molecule is C/C=C1\CN(C(=O)c2ccc(CNC(=O)CC3CCNCC3)c(F)c2)Cc2cnn(C)c2N1.CC=C(C)C. The molecule has 9 heteroatoms. The summed E-state index contributed by atoms with van der Waals surface area (Å²) < 4.78 is 16.5. The average Bonchev–Trinajstić information content (AvgIpc) is 3.14. The van der Waals surface area contributed by atoms with Crippen LogP contribution in [0.15, 0.2) is 47.8 Å². The third kappa shape index (κ3) is 8.02. The number of fused-ring (bicyclic) bond motifs is 1. The van der Waals surface area contributed by atoms with Crippen molar-refractivity contribution in [1.82, 2.24) is 25.3 Å². The molecule has 1 fully saturated rings. The van der Waals surface area contributed by atoms with Gasteiger partial charge < -0.3 is 20.9 Å². The number of nitrogens with zero attached hydrogens (tertiary/aromatic N) is 3. The number of allylic oxidation sites excluding steroid dienone is 3. The van der Waals surface area contributed by atoms with Gasteiger partial charge in [-0.2, -0.15) is 5.10 Å². The van der Waals surface area contributed by atoms with Gasteiger partial charge in [0.05, 0.1) is 19.3 Å². The Morgan fingerprint density at radius 3 is 2.53 bits per heavy atom. The fourth-order valence-corrected chi connectivity index (χ4v) is 4.35. The van der Waals surface area contributed by atoms with Crippen LogP contribution in [-0.2, 0) is 24.9 Å². The number of benzene rings is 1. The molecule has 0 saturated carbocycles. The molecule has 2 aliphatic rings. The maximum Gasteiger partial charge on any atom is 0.254 e. The number of hydrogen-bond donors (Lipinski definition) is 3. The Labute approximate surface area is 225 Å². The van der Waals surface area contributed by atoms with E-state index in [1.165, 1.54) is 11.6 Å². The number of amides is 2. The number of hydrogen-bond acceptors (Lipinski definition) is 5. The van der Waals surface area contributed by atoms with Gasteiger partial charge in [0.25, 0.3) is 5.91 Å².